The van der Waals surface area contributed by atoms with Crippen LogP contribution in [-0.2, 0) is 6.42 Å². The van der Waals surface area contributed by atoms with Crippen LogP contribution < -0.4 is 5.32 Å². The highest BCUT2D eigenvalue weighted by molar-refractivity contribution is 6.30. The molecule has 3 rings (SSSR count). The maximum absolute atomic E-state index is 10.8. The van der Waals surface area contributed by atoms with Crippen molar-refractivity contribution in [3.05, 3.63) is 69.2 Å². The van der Waals surface area contributed by atoms with Crippen LogP contribution in [0.4, 0.5) is 11.4 Å². The lowest BCUT2D eigenvalue weighted by Gasteiger charge is -2.30. The van der Waals surface area contributed by atoms with E-state index in [0.717, 1.165) is 43.3 Å². The molecule has 7 heteroatoms. The predicted molar refractivity (Wildman–Crippen MR) is 99.8 cm³/mol. The van der Waals surface area contributed by atoms with Gasteiger partial charge in [0.25, 0.3) is 5.69 Å². The van der Waals surface area contributed by atoms with E-state index in [2.05, 4.69) is 10.2 Å². The molecule has 0 unspecified atom stereocenters. The first kappa shape index (κ1) is 17.4. The van der Waals surface area contributed by atoms with Crippen LogP contribution in [-0.4, -0.2) is 41.8 Å². The van der Waals surface area contributed by atoms with Crippen LogP contribution in [0.25, 0.3) is 0 Å². The highest BCUT2D eigenvalue weighted by Crippen LogP contribution is 2.19. The Balaban J connectivity index is 1.85. The Morgan fingerprint density at radius 1 is 1.12 bits per heavy atom. The number of piperazine rings is 1. The van der Waals surface area contributed by atoms with E-state index in [1.165, 1.54) is 12.1 Å². The van der Waals surface area contributed by atoms with Gasteiger partial charge in [0.05, 0.1) is 10.6 Å². The fraction of sp³-hybridized carbons (Fsp3) is 0.278. The first-order valence-electron chi connectivity index (χ1n) is 8.14. The Hall–Kier alpha value is -2.44. The van der Waals surface area contributed by atoms with Crippen molar-refractivity contribution >= 4 is 28.8 Å². The van der Waals surface area contributed by atoms with E-state index in [1.54, 1.807) is 12.1 Å². The number of nitrogens with zero attached hydrogens (tertiary/aromatic N) is 3. The molecular formula is C18H19ClN4O2. The van der Waals surface area contributed by atoms with E-state index >= 15 is 0 Å². The van der Waals surface area contributed by atoms with E-state index in [4.69, 9.17) is 16.6 Å². The lowest BCUT2D eigenvalue weighted by atomic mass is 10.1. The highest BCUT2D eigenvalue weighted by atomic mass is 35.5. The zero-order valence-corrected chi connectivity index (χ0v) is 14.4. The summed E-state index contributed by atoms with van der Waals surface area (Å²) in [7, 11) is 0. The van der Waals surface area contributed by atoms with E-state index < -0.39 is 0 Å². The summed E-state index contributed by atoms with van der Waals surface area (Å²) in [5.41, 5.74) is 1.94. The third kappa shape index (κ3) is 4.78. The van der Waals surface area contributed by atoms with Gasteiger partial charge in [0, 0.05) is 49.8 Å². The van der Waals surface area contributed by atoms with Crippen molar-refractivity contribution in [3.8, 4) is 0 Å². The molecule has 1 N–H and O–H groups in total. The average Bonchev–Trinajstić information content (AvgIpc) is 2.64. The molecule has 1 fully saturated rings. The van der Waals surface area contributed by atoms with Crippen LogP contribution in [0.5, 0.6) is 0 Å². The standard InChI is InChI=1S/C18H19ClN4O2/c19-15-3-5-16(6-4-15)21-18(22-11-9-20-10-12-22)13-14-1-7-17(8-2-14)23(24)25/h1-8,20H,9-13H2. The van der Waals surface area contributed by atoms with Crippen molar-refractivity contribution in [1.29, 1.82) is 0 Å². The fourth-order valence-electron chi connectivity index (χ4n) is 2.73. The number of rotatable bonds is 4. The number of benzene rings is 2. The van der Waals surface area contributed by atoms with Gasteiger partial charge in [0.1, 0.15) is 5.84 Å². The van der Waals surface area contributed by atoms with Gasteiger partial charge in [0.2, 0.25) is 0 Å². The summed E-state index contributed by atoms with van der Waals surface area (Å²) in [5, 5.41) is 14.8. The molecule has 0 spiro atoms. The smallest absolute Gasteiger partial charge is 0.269 e. The normalized spacial score (nSPS) is 15.2. The summed E-state index contributed by atoms with van der Waals surface area (Å²) < 4.78 is 0. The molecule has 0 aromatic heterocycles. The predicted octanol–water partition coefficient (Wildman–Crippen LogP) is 3.43. The Bertz CT molecular complexity index is 754. The summed E-state index contributed by atoms with van der Waals surface area (Å²) >= 11 is 5.94. The molecule has 130 valence electrons. The number of nitrogens with one attached hydrogen (secondary N) is 1. The largest absolute Gasteiger partial charge is 0.357 e. The van der Waals surface area contributed by atoms with Gasteiger partial charge in [-0.05, 0) is 29.8 Å². The van der Waals surface area contributed by atoms with Crippen LogP contribution in [0, 0.1) is 10.1 Å². The third-order valence-electron chi connectivity index (χ3n) is 4.08. The van der Waals surface area contributed by atoms with Crippen molar-refractivity contribution in [1.82, 2.24) is 10.2 Å². The molecule has 0 aliphatic carbocycles. The SMILES string of the molecule is O=[N+]([O-])c1ccc(CC(=Nc2ccc(Cl)cc2)N2CCNCC2)cc1. The second-order valence-electron chi connectivity index (χ2n) is 5.84. The maximum atomic E-state index is 10.8. The molecular weight excluding hydrogens is 340 g/mol. The number of non-ortho nitro benzene ring substituents is 1. The molecule has 2 aromatic carbocycles. The zero-order valence-electron chi connectivity index (χ0n) is 13.7. The molecule has 1 aliphatic rings. The number of nitro groups is 1. The van der Waals surface area contributed by atoms with Crippen LogP contribution in [0.1, 0.15) is 5.56 Å². The molecule has 0 radical (unpaired) electrons. The monoisotopic (exact) mass is 358 g/mol. The Labute approximate surface area is 151 Å². The number of nitro benzene ring substituents is 1. The van der Waals surface area contributed by atoms with Crippen LogP contribution in [0.2, 0.25) is 5.02 Å². The van der Waals surface area contributed by atoms with Gasteiger partial charge in [-0.2, -0.15) is 0 Å². The molecule has 0 amide bonds. The topological polar surface area (TPSA) is 70.8 Å². The van der Waals surface area contributed by atoms with Crippen LogP contribution >= 0.6 is 11.6 Å². The first-order chi connectivity index (χ1) is 12.1. The number of amidine groups is 1. The second kappa shape index (κ2) is 8.09. The molecule has 1 saturated heterocycles. The Kier molecular flexibility index (Phi) is 5.63. The van der Waals surface area contributed by atoms with Crippen molar-refractivity contribution in [2.45, 2.75) is 6.42 Å². The summed E-state index contributed by atoms with van der Waals surface area (Å²) in [6.45, 7) is 3.61. The van der Waals surface area contributed by atoms with Gasteiger partial charge < -0.3 is 10.2 Å². The third-order valence-corrected chi connectivity index (χ3v) is 4.33. The molecule has 0 atom stereocenters. The Morgan fingerprint density at radius 2 is 1.76 bits per heavy atom. The van der Waals surface area contributed by atoms with E-state index in [-0.39, 0.29) is 10.6 Å². The number of halogens is 1. The van der Waals surface area contributed by atoms with Crippen LogP contribution in [0.3, 0.4) is 0 Å². The lowest BCUT2D eigenvalue weighted by Crippen LogP contribution is -2.47. The lowest BCUT2D eigenvalue weighted by molar-refractivity contribution is -0.384. The van der Waals surface area contributed by atoms with Crippen molar-refractivity contribution < 1.29 is 4.92 Å². The first-order valence-corrected chi connectivity index (χ1v) is 8.52. The molecule has 6 nitrogen and oxygen atoms in total. The summed E-state index contributed by atoms with van der Waals surface area (Å²) in [4.78, 5) is 17.5. The van der Waals surface area contributed by atoms with Crippen molar-refractivity contribution in [2.75, 3.05) is 26.2 Å². The summed E-state index contributed by atoms with van der Waals surface area (Å²) in [5.74, 6) is 0.956. The molecule has 0 saturated carbocycles. The second-order valence-corrected chi connectivity index (χ2v) is 6.28. The summed E-state index contributed by atoms with van der Waals surface area (Å²) in [6, 6.07) is 14.1. The van der Waals surface area contributed by atoms with Crippen molar-refractivity contribution in [3.63, 3.8) is 0 Å². The van der Waals surface area contributed by atoms with Gasteiger partial charge in [-0.15, -0.1) is 0 Å². The highest BCUT2D eigenvalue weighted by Gasteiger charge is 2.16. The number of hydrogen-bond acceptors (Lipinski definition) is 4. The van der Waals surface area contributed by atoms with Gasteiger partial charge in [-0.25, -0.2) is 4.99 Å². The molecule has 2 aromatic rings. The van der Waals surface area contributed by atoms with Gasteiger partial charge in [0.15, 0.2) is 0 Å². The zero-order chi connectivity index (χ0) is 17.6. The average molecular weight is 359 g/mol. The molecule has 1 heterocycles. The van der Waals surface area contributed by atoms with Gasteiger partial charge in [-0.3, -0.25) is 10.1 Å². The quantitative estimate of drug-likeness (QED) is 0.393. The molecule has 0 bridgehead atoms. The van der Waals surface area contributed by atoms with Crippen molar-refractivity contribution in [2.24, 2.45) is 4.99 Å². The molecule has 1 aliphatic heterocycles. The maximum Gasteiger partial charge on any atom is 0.269 e. The fourth-order valence-corrected chi connectivity index (χ4v) is 2.85. The van der Waals surface area contributed by atoms with E-state index in [0.29, 0.717) is 11.4 Å². The Morgan fingerprint density at radius 3 is 2.36 bits per heavy atom. The van der Waals surface area contributed by atoms with Crippen LogP contribution in [0.15, 0.2) is 53.5 Å². The minimum atomic E-state index is -0.386. The number of aliphatic imine (C=N–C) groups is 1. The molecule has 25 heavy (non-hydrogen) atoms. The minimum absolute atomic E-state index is 0.0992. The van der Waals surface area contributed by atoms with Gasteiger partial charge in [-0.1, -0.05) is 23.7 Å². The van der Waals surface area contributed by atoms with Gasteiger partial charge >= 0.3 is 0 Å². The van der Waals surface area contributed by atoms with E-state index in [1.807, 2.05) is 24.3 Å². The van der Waals surface area contributed by atoms with E-state index in [9.17, 15) is 10.1 Å². The number of hydrogen-bond donors (Lipinski definition) is 1. The minimum Gasteiger partial charge on any atom is -0.357 e. The summed E-state index contributed by atoms with van der Waals surface area (Å²) in [6.07, 6.45) is 0.626.